The van der Waals surface area contributed by atoms with Gasteiger partial charge in [0.2, 0.25) is 0 Å². The Morgan fingerprint density at radius 1 is 0.909 bits per heavy atom. The number of methoxy groups -OCH3 is 2. The fourth-order valence-corrected chi connectivity index (χ4v) is 1.94. The lowest BCUT2D eigenvalue weighted by molar-refractivity contribution is -0.112. The van der Waals surface area contributed by atoms with Crippen LogP contribution in [0.5, 0.6) is 11.5 Å². The van der Waals surface area contributed by atoms with Gasteiger partial charge in [0.15, 0.2) is 11.5 Å². The predicted molar refractivity (Wildman–Crippen MR) is 83.7 cm³/mol. The van der Waals surface area contributed by atoms with Crippen LogP contribution < -0.4 is 14.8 Å². The van der Waals surface area contributed by atoms with Crippen molar-refractivity contribution in [3.63, 3.8) is 0 Å². The molecule has 0 spiro atoms. The number of hydrogen-bond acceptors (Lipinski definition) is 4. The second-order valence-electron chi connectivity index (χ2n) is 4.72. The first-order valence-electron chi connectivity index (χ1n) is 6.69. The molecule has 5 nitrogen and oxygen atoms in total. The van der Waals surface area contributed by atoms with E-state index >= 15 is 0 Å². The third-order valence-corrected chi connectivity index (χ3v) is 3.16. The highest BCUT2D eigenvalue weighted by Crippen LogP contribution is 2.29. The normalized spacial score (nSPS) is 9.95. The zero-order chi connectivity index (χ0) is 16.1. The van der Waals surface area contributed by atoms with Gasteiger partial charge in [0.25, 0.3) is 11.7 Å². The number of nitrogens with one attached hydrogen (secondary N) is 1. The molecule has 1 N–H and O–H groups in total. The number of anilines is 1. The molecule has 22 heavy (non-hydrogen) atoms. The first-order valence-corrected chi connectivity index (χ1v) is 6.69. The van der Waals surface area contributed by atoms with Crippen LogP contribution in [0.4, 0.5) is 5.69 Å². The maximum absolute atomic E-state index is 12.1. The molecule has 5 heteroatoms. The van der Waals surface area contributed by atoms with Crippen LogP contribution in [0.15, 0.2) is 42.5 Å². The smallest absolute Gasteiger partial charge is 0.296 e. The molecule has 0 aliphatic carbocycles. The Kier molecular flexibility index (Phi) is 4.78. The van der Waals surface area contributed by atoms with Crippen LogP contribution >= 0.6 is 0 Å². The summed E-state index contributed by atoms with van der Waals surface area (Å²) in [6.07, 6.45) is 0. The van der Waals surface area contributed by atoms with Crippen molar-refractivity contribution in [3.8, 4) is 11.5 Å². The standard InChI is InChI=1S/C17H17NO4/c1-11-4-6-12(7-5-11)16(19)17(20)18-13-8-9-14(21-2)15(10-13)22-3/h4-10H,1-3H3,(H,18,20). The van der Waals surface area contributed by atoms with E-state index in [1.807, 2.05) is 6.92 Å². The van der Waals surface area contributed by atoms with E-state index in [-0.39, 0.29) is 0 Å². The minimum atomic E-state index is -0.698. The molecule has 0 aliphatic rings. The Morgan fingerprint density at radius 2 is 1.55 bits per heavy atom. The van der Waals surface area contributed by atoms with Crippen molar-refractivity contribution in [1.82, 2.24) is 0 Å². The van der Waals surface area contributed by atoms with E-state index in [2.05, 4.69) is 5.32 Å². The summed E-state index contributed by atoms with van der Waals surface area (Å²) in [5.41, 5.74) is 1.84. The Bertz CT molecular complexity index is 692. The van der Waals surface area contributed by atoms with Gasteiger partial charge in [-0.3, -0.25) is 9.59 Å². The molecule has 1 amide bonds. The van der Waals surface area contributed by atoms with Gasteiger partial charge in [-0.25, -0.2) is 0 Å². The highest BCUT2D eigenvalue weighted by Gasteiger charge is 2.17. The van der Waals surface area contributed by atoms with Crippen molar-refractivity contribution in [3.05, 3.63) is 53.6 Å². The summed E-state index contributed by atoms with van der Waals surface area (Å²) < 4.78 is 10.3. The molecule has 2 aromatic carbocycles. The molecule has 2 aromatic rings. The third-order valence-electron chi connectivity index (χ3n) is 3.16. The van der Waals surface area contributed by atoms with Crippen molar-refractivity contribution < 1.29 is 19.1 Å². The number of rotatable bonds is 5. The van der Waals surface area contributed by atoms with Gasteiger partial charge in [-0.15, -0.1) is 0 Å². The molecular weight excluding hydrogens is 282 g/mol. The van der Waals surface area contributed by atoms with Crippen molar-refractivity contribution in [2.24, 2.45) is 0 Å². The van der Waals surface area contributed by atoms with E-state index in [0.717, 1.165) is 5.56 Å². The van der Waals surface area contributed by atoms with Gasteiger partial charge < -0.3 is 14.8 Å². The molecule has 0 aliphatic heterocycles. The highest BCUT2D eigenvalue weighted by molar-refractivity contribution is 6.46. The fraction of sp³-hybridized carbons (Fsp3) is 0.176. The lowest BCUT2D eigenvalue weighted by atomic mass is 10.1. The molecule has 0 heterocycles. The van der Waals surface area contributed by atoms with E-state index in [9.17, 15) is 9.59 Å². The molecule has 0 fully saturated rings. The summed E-state index contributed by atoms with van der Waals surface area (Å²) >= 11 is 0. The van der Waals surface area contributed by atoms with Gasteiger partial charge in [-0.2, -0.15) is 0 Å². The van der Waals surface area contributed by atoms with E-state index in [1.165, 1.54) is 14.2 Å². The van der Waals surface area contributed by atoms with E-state index < -0.39 is 11.7 Å². The number of carbonyl (C=O) groups is 2. The summed E-state index contributed by atoms with van der Waals surface area (Å²) in [6, 6.07) is 11.7. The van der Waals surface area contributed by atoms with Gasteiger partial charge in [0.1, 0.15) is 0 Å². The molecule has 0 saturated carbocycles. The Hall–Kier alpha value is -2.82. The monoisotopic (exact) mass is 299 g/mol. The Labute approximate surface area is 128 Å². The van der Waals surface area contributed by atoms with Crippen LogP contribution in [0.3, 0.4) is 0 Å². The van der Waals surface area contributed by atoms with Crippen LogP contribution in [0.2, 0.25) is 0 Å². The van der Waals surface area contributed by atoms with Crippen molar-refractivity contribution >= 4 is 17.4 Å². The van der Waals surface area contributed by atoms with Crippen molar-refractivity contribution in [1.29, 1.82) is 0 Å². The predicted octanol–water partition coefficient (Wildman–Crippen LogP) is 2.83. The minimum absolute atomic E-state index is 0.351. The zero-order valence-electron chi connectivity index (χ0n) is 12.7. The quantitative estimate of drug-likeness (QED) is 0.681. The zero-order valence-corrected chi connectivity index (χ0v) is 12.7. The first-order chi connectivity index (χ1) is 10.5. The minimum Gasteiger partial charge on any atom is -0.493 e. The summed E-state index contributed by atoms with van der Waals surface area (Å²) in [6.45, 7) is 1.91. The second-order valence-corrected chi connectivity index (χ2v) is 4.72. The van der Waals surface area contributed by atoms with Crippen LogP contribution in [-0.2, 0) is 4.79 Å². The maximum atomic E-state index is 12.1. The van der Waals surface area contributed by atoms with Crippen molar-refractivity contribution in [2.75, 3.05) is 19.5 Å². The number of ether oxygens (including phenoxy) is 2. The van der Waals surface area contributed by atoms with Gasteiger partial charge in [-0.05, 0) is 19.1 Å². The lowest BCUT2D eigenvalue weighted by Crippen LogP contribution is -2.22. The SMILES string of the molecule is COc1ccc(NC(=O)C(=O)c2ccc(C)cc2)cc1OC. The van der Waals surface area contributed by atoms with E-state index in [1.54, 1.807) is 42.5 Å². The average Bonchev–Trinajstić information content (AvgIpc) is 2.54. The number of Topliss-reactive ketones (excluding diaryl/α,β-unsaturated/α-hetero) is 1. The lowest BCUT2D eigenvalue weighted by Gasteiger charge is -2.10. The molecule has 0 atom stereocenters. The number of ketones is 1. The third kappa shape index (κ3) is 3.44. The summed E-state index contributed by atoms with van der Waals surface area (Å²) in [4.78, 5) is 24.1. The molecule has 0 aromatic heterocycles. The summed E-state index contributed by atoms with van der Waals surface area (Å²) in [7, 11) is 3.03. The molecule has 0 radical (unpaired) electrons. The number of carbonyl (C=O) groups excluding carboxylic acids is 2. The maximum Gasteiger partial charge on any atom is 0.296 e. The summed E-state index contributed by atoms with van der Waals surface area (Å²) in [5.74, 6) is -0.265. The Morgan fingerprint density at radius 3 is 2.14 bits per heavy atom. The molecule has 114 valence electrons. The fourth-order valence-electron chi connectivity index (χ4n) is 1.94. The van der Waals surface area contributed by atoms with Gasteiger partial charge >= 0.3 is 0 Å². The van der Waals surface area contributed by atoms with E-state index in [4.69, 9.17) is 9.47 Å². The summed E-state index contributed by atoms with van der Waals surface area (Å²) in [5, 5.41) is 2.56. The second kappa shape index (κ2) is 6.76. The van der Waals surface area contributed by atoms with E-state index in [0.29, 0.717) is 22.7 Å². The highest BCUT2D eigenvalue weighted by atomic mass is 16.5. The van der Waals surface area contributed by atoms with Gasteiger partial charge in [0, 0.05) is 17.3 Å². The molecular formula is C17H17NO4. The van der Waals surface area contributed by atoms with Crippen LogP contribution in [0.25, 0.3) is 0 Å². The number of aryl methyl sites for hydroxylation is 1. The van der Waals surface area contributed by atoms with Crippen LogP contribution in [-0.4, -0.2) is 25.9 Å². The van der Waals surface area contributed by atoms with Crippen LogP contribution in [0, 0.1) is 6.92 Å². The first kappa shape index (κ1) is 15.6. The van der Waals surface area contributed by atoms with Gasteiger partial charge in [-0.1, -0.05) is 29.8 Å². The number of amides is 1. The molecule has 0 bridgehead atoms. The molecule has 0 saturated heterocycles. The van der Waals surface area contributed by atoms with Crippen LogP contribution in [0.1, 0.15) is 15.9 Å². The van der Waals surface area contributed by atoms with Crippen molar-refractivity contribution in [2.45, 2.75) is 6.92 Å². The molecule has 0 unspecified atom stereocenters. The number of benzene rings is 2. The topological polar surface area (TPSA) is 64.6 Å². The largest absolute Gasteiger partial charge is 0.493 e. The number of hydrogen-bond donors (Lipinski definition) is 1. The average molecular weight is 299 g/mol. The molecule has 2 rings (SSSR count). The Balaban J connectivity index is 2.14. The van der Waals surface area contributed by atoms with Gasteiger partial charge in [0.05, 0.1) is 14.2 Å².